The Bertz CT molecular complexity index is 1870. The van der Waals surface area contributed by atoms with E-state index in [9.17, 15) is 0 Å². The minimum atomic E-state index is -0.351. The van der Waals surface area contributed by atoms with Gasteiger partial charge in [0, 0.05) is 39.2 Å². The maximum atomic E-state index is 8.07. The zero-order valence-corrected chi connectivity index (χ0v) is 21.9. The number of furan rings is 1. The Hall–Kier alpha value is -3.59. The van der Waals surface area contributed by atoms with Gasteiger partial charge in [0.15, 0.2) is 0 Å². The molecule has 179 valence electrons. The first-order valence-electron chi connectivity index (χ1n) is 14.0. The van der Waals surface area contributed by atoms with Crippen LogP contribution in [0.3, 0.4) is 0 Å². The first-order chi connectivity index (χ1) is 19.2. The van der Waals surface area contributed by atoms with E-state index in [1.54, 1.807) is 6.07 Å². The van der Waals surface area contributed by atoms with Crippen LogP contribution in [-0.2, 0) is 20.1 Å². The van der Waals surface area contributed by atoms with Crippen LogP contribution in [0.1, 0.15) is 36.7 Å². The summed E-state index contributed by atoms with van der Waals surface area (Å²) in [5.41, 5.74) is 5.98. The molecule has 4 heteroatoms. The Morgan fingerprint density at radius 3 is 2.61 bits per heavy atom. The molecule has 3 aromatic carbocycles. The van der Waals surface area contributed by atoms with E-state index >= 15 is 0 Å². The van der Waals surface area contributed by atoms with Crippen LogP contribution < -0.4 is 0 Å². The summed E-state index contributed by atoms with van der Waals surface area (Å²) in [5, 5.41) is 1.81. The number of nitrogens with zero attached hydrogens (tertiary/aromatic N) is 2. The molecule has 6 aromatic rings. The number of hydrogen-bond acceptors (Lipinski definition) is 3. The minimum Gasteiger partial charge on any atom is -0.501 e. The van der Waals surface area contributed by atoms with Crippen molar-refractivity contribution in [2.75, 3.05) is 0 Å². The second-order valence-electron chi connectivity index (χ2n) is 8.46. The molecule has 0 bridgehead atoms. The van der Waals surface area contributed by atoms with Gasteiger partial charge < -0.3 is 14.4 Å². The first kappa shape index (κ1) is 18.6. The molecule has 1 aliphatic carbocycles. The molecule has 1 radical (unpaired) electrons. The third-order valence-corrected chi connectivity index (χ3v) is 5.96. The summed E-state index contributed by atoms with van der Waals surface area (Å²) in [6.45, 7) is 2.05. The van der Waals surface area contributed by atoms with Gasteiger partial charge >= 0.3 is 0 Å². The normalized spacial score (nSPS) is 15.4. The molecule has 1 saturated carbocycles. The summed E-state index contributed by atoms with van der Waals surface area (Å²) in [6.07, 6.45) is 3.43. The molecule has 7 rings (SSSR count). The van der Waals surface area contributed by atoms with Crippen LogP contribution in [0, 0.1) is 19.1 Å². The van der Waals surface area contributed by atoms with Crippen molar-refractivity contribution in [1.29, 1.82) is 0 Å². The van der Waals surface area contributed by atoms with Gasteiger partial charge in [-0.2, -0.15) is 0 Å². The van der Waals surface area contributed by atoms with Crippen molar-refractivity contribution in [2.45, 2.75) is 25.7 Å². The minimum absolute atomic E-state index is 0. The van der Waals surface area contributed by atoms with Gasteiger partial charge in [-0.1, -0.05) is 60.3 Å². The van der Waals surface area contributed by atoms with Crippen molar-refractivity contribution >= 4 is 21.9 Å². The number of fused-ring (bicyclic) bond motifs is 3. The topological polar surface area (TPSA) is 38.9 Å². The third kappa shape index (κ3) is 5.02. The summed E-state index contributed by atoms with van der Waals surface area (Å²) in [4.78, 5) is 8.44. The summed E-state index contributed by atoms with van der Waals surface area (Å²) < 4.78 is 45.1. The number of para-hydroxylation sites is 1. The predicted molar refractivity (Wildman–Crippen MR) is 141 cm³/mol. The van der Waals surface area contributed by atoms with Crippen LogP contribution in [0.4, 0.5) is 0 Å². The number of rotatable bonds is 3. The molecule has 1 aliphatic rings. The van der Waals surface area contributed by atoms with Crippen LogP contribution in [-0.4, -0.2) is 9.97 Å². The first-order valence-corrected chi connectivity index (χ1v) is 11.5. The van der Waals surface area contributed by atoms with Crippen molar-refractivity contribution in [3.8, 4) is 22.5 Å². The van der Waals surface area contributed by atoms with E-state index in [4.69, 9.17) is 11.3 Å². The molecule has 1 fully saturated rings. The van der Waals surface area contributed by atoms with Crippen molar-refractivity contribution in [3.63, 3.8) is 0 Å². The number of aryl methyl sites for hydroxylation is 1. The van der Waals surface area contributed by atoms with Gasteiger partial charge in [0.2, 0.25) is 0 Å². The van der Waals surface area contributed by atoms with E-state index < -0.39 is 0 Å². The molecule has 3 heterocycles. The number of pyridine rings is 2. The van der Waals surface area contributed by atoms with Gasteiger partial charge in [0.1, 0.15) is 5.58 Å². The van der Waals surface area contributed by atoms with E-state index in [0.717, 1.165) is 40.4 Å². The third-order valence-electron chi connectivity index (χ3n) is 5.96. The second kappa shape index (κ2) is 10.6. The molecule has 0 N–H and O–H groups in total. The molecule has 3 nitrogen and oxygen atoms in total. The number of benzene rings is 3. The summed E-state index contributed by atoms with van der Waals surface area (Å²) in [6, 6.07) is 26.6. The maximum absolute atomic E-state index is 8.07. The fraction of sp³-hybridized carbons (Fsp3) is 0.125. The van der Waals surface area contributed by atoms with Crippen molar-refractivity contribution < 1.29 is 31.4 Å². The second-order valence-corrected chi connectivity index (χ2v) is 8.46. The van der Waals surface area contributed by atoms with E-state index in [2.05, 4.69) is 28.2 Å². The number of aromatic nitrogens is 2. The molecule has 0 saturated heterocycles. The molecular formula is C32H24IrN2O-2. The smallest absolute Gasteiger partial charge is 0.120 e. The summed E-state index contributed by atoms with van der Waals surface area (Å²) in [5.74, 6) is -0.345. The Morgan fingerprint density at radius 1 is 0.944 bits per heavy atom. The van der Waals surface area contributed by atoms with Crippen molar-refractivity contribution in [2.24, 2.45) is 0 Å². The quantitative estimate of drug-likeness (QED) is 0.182. The van der Waals surface area contributed by atoms with Crippen LogP contribution in [0.5, 0.6) is 0 Å². The van der Waals surface area contributed by atoms with Gasteiger partial charge in [-0.15, -0.1) is 53.6 Å². The molecular weight excluding hydrogens is 621 g/mol. The zero-order chi connectivity index (χ0) is 28.0. The molecule has 0 atom stereocenters. The largest absolute Gasteiger partial charge is 0.501 e. The average Bonchev–Trinajstić information content (AvgIpc) is 3.62. The molecule has 3 aromatic heterocycles. The number of hydrogen-bond donors (Lipinski definition) is 0. The SMILES string of the molecule is [2H]C1(c2ccc(-c3[c-]cc(C)cc3)nc2)CC1.[2H]c1nc(-c2[c-]ccc3c2oc2ccccc23)c([2H])c([2H])c1[2H].[Ir]. The van der Waals surface area contributed by atoms with Gasteiger partial charge in [-0.05, 0) is 47.8 Å². The van der Waals surface area contributed by atoms with Gasteiger partial charge in [-0.3, -0.25) is 0 Å². The average molecular weight is 650 g/mol. The Kier molecular flexibility index (Phi) is 5.48. The zero-order valence-electron chi connectivity index (χ0n) is 24.5. The molecule has 0 spiro atoms. The van der Waals surface area contributed by atoms with Crippen molar-refractivity contribution in [1.82, 2.24) is 9.97 Å². The van der Waals surface area contributed by atoms with Crippen LogP contribution in [0.2, 0.25) is 0 Å². The standard InChI is InChI=1S/C17H10NO.C15H14N.Ir/c1-2-10-16-12(6-1)13-7-5-8-14(17(13)19-16)15-9-3-4-11-18-15;1-11-2-4-13(5-3-11)15-9-8-14(10-16-15)12-6-7-12;/h1-7,9-11H;2-4,8-10,12H,6-7H2,1H3;/q2*-1;/i3D,4D,9D,11D;12D;. The fourth-order valence-electron chi connectivity index (χ4n) is 3.99. The van der Waals surface area contributed by atoms with E-state index in [-0.39, 0.29) is 56.0 Å². The van der Waals surface area contributed by atoms with Crippen LogP contribution >= 0.6 is 0 Å². The molecule has 0 amide bonds. The van der Waals surface area contributed by atoms with Crippen LogP contribution in [0.25, 0.3) is 44.5 Å². The summed E-state index contributed by atoms with van der Waals surface area (Å²) >= 11 is 0. The molecule has 36 heavy (non-hydrogen) atoms. The van der Waals surface area contributed by atoms with Gasteiger partial charge in [-0.25, -0.2) is 0 Å². The van der Waals surface area contributed by atoms with Crippen molar-refractivity contribution in [3.05, 3.63) is 120 Å². The Morgan fingerprint density at radius 2 is 1.83 bits per heavy atom. The van der Waals surface area contributed by atoms with E-state index in [1.165, 1.54) is 5.56 Å². The van der Waals surface area contributed by atoms with Gasteiger partial charge in [0.25, 0.3) is 0 Å². The fourth-order valence-corrected chi connectivity index (χ4v) is 3.99. The maximum Gasteiger partial charge on any atom is 0.120 e. The van der Waals surface area contributed by atoms with Gasteiger partial charge in [0.05, 0.1) is 11.1 Å². The van der Waals surface area contributed by atoms with E-state index in [0.29, 0.717) is 16.7 Å². The van der Waals surface area contributed by atoms with E-state index in [1.807, 2.05) is 67.7 Å². The predicted octanol–water partition coefficient (Wildman–Crippen LogP) is 8.18. The molecule has 0 aliphatic heterocycles. The molecule has 0 unspecified atom stereocenters. The van der Waals surface area contributed by atoms with Crippen LogP contribution in [0.15, 0.2) is 102 Å². The monoisotopic (exact) mass is 650 g/mol. The summed E-state index contributed by atoms with van der Waals surface area (Å²) in [7, 11) is 0. The Labute approximate surface area is 231 Å². The Balaban J connectivity index is 0.000000168.